The number of rotatable bonds is 3. The highest BCUT2D eigenvalue weighted by atomic mass is 16.5. The number of nitrogens with zero attached hydrogens (tertiary/aromatic N) is 5. The zero-order valence-corrected chi connectivity index (χ0v) is 14.8. The molecule has 0 N–H and O–H groups in total. The average Bonchev–Trinajstić information content (AvgIpc) is 3.23. The maximum absolute atomic E-state index is 12.5. The molecular weight excluding hydrogens is 318 g/mol. The van der Waals surface area contributed by atoms with Crippen LogP contribution in [0.4, 0.5) is 11.8 Å². The van der Waals surface area contributed by atoms with Gasteiger partial charge in [-0.3, -0.25) is 4.79 Å². The molecule has 1 amide bonds. The van der Waals surface area contributed by atoms with Gasteiger partial charge in [-0.05, 0) is 38.2 Å². The van der Waals surface area contributed by atoms with Crippen molar-refractivity contribution in [2.45, 2.75) is 38.2 Å². The fourth-order valence-corrected chi connectivity index (χ4v) is 3.89. The summed E-state index contributed by atoms with van der Waals surface area (Å²) >= 11 is 0. The van der Waals surface area contributed by atoms with Crippen molar-refractivity contribution >= 4 is 17.7 Å². The van der Waals surface area contributed by atoms with Crippen molar-refractivity contribution < 1.29 is 9.53 Å². The summed E-state index contributed by atoms with van der Waals surface area (Å²) in [6.07, 6.45) is 7.25. The predicted octanol–water partition coefficient (Wildman–Crippen LogP) is 1.29. The van der Waals surface area contributed by atoms with Crippen LogP contribution in [0.5, 0.6) is 0 Å². The van der Waals surface area contributed by atoms with Crippen LogP contribution in [-0.2, 0) is 9.53 Å². The Labute approximate surface area is 149 Å². The Bertz CT molecular complexity index is 591. The molecule has 0 unspecified atom stereocenters. The van der Waals surface area contributed by atoms with Gasteiger partial charge in [-0.15, -0.1) is 0 Å². The Kier molecular flexibility index (Phi) is 5.01. The molecule has 25 heavy (non-hydrogen) atoms. The molecule has 0 radical (unpaired) electrons. The second-order valence-electron chi connectivity index (χ2n) is 7.08. The summed E-state index contributed by atoms with van der Waals surface area (Å²) < 4.78 is 5.53. The molecule has 7 nitrogen and oxygen atoms in total. The van der Waals surface area contributed by atoms with Crippen molar-refractivity contribution in [3.05, 3.63) is 12.3 Å². The summed E-state index contributed by atoms with van der Waals surface area (Å²) in [7, 11) is 0. The SMILES string of the molecule is O=C([C@@H]1CCCO1)N1CCN(c2ccnc(N3CCCCC3)n2)CC1. The zero-order chi connectivity index (χ0) is 17.1. The predicted molar refractivity (Wildman–Crippen MR) is 95.9 cm³/mol. The number of hydrogen-bond acceptors (Lipinski definition) is 6. The zero-order valence-electron chi connectivity index (χ0n) is 14.8. The fraction of sp³-hybridized carbons (Fsp3) is 0.722. The van der Waals surface area contributed by atoms with E-state index in [0.717, 1.165) is 70.5 Å². The van der Waals surface area contributed by atoms with Crippen molar-refractivity contribution in [1.29, 1.82) is 0 Å². The Morgan fingerprint density at radius 3 is 2.52 bits per heavy atom. The highest BCUT2D eigenvalue weighted by molar-refractivity contribution is 5.81. The van der Waals surface area contributed by atoms with E-state index in [2.05, 4.69) is 14.8 Å². The number of anilines is 2. The summed E-state index contributed by atoms with van der Waals surface area (Å²) in [5, 5.41) is 0. The molecule has 0 aromatic carbocycles. The van der Waals surface area contributed by atoms with Gasteiger partial charge in [-0.1, -0.05) is 0 Å². The van der Waals surface area contributed by atoms with Gasteiger partial charge in [0, 0.05) is 52.1 Å². The quantitative estimate of drug-likeness (QED) is 0.823. The molecule has 3 saturated heterocycles. The first-order valence-corrected chi connectivity index (χ1v) is 9.54. The van der Waals surface area contributed by atoms with Crippen molar-refractivity contribution in [3.63, 3.8) is 0 Å². The molecule has 3 fully saturated rings. The molecule has 3 aliphatic rings. The Hall–Kier alpha value is -1.89. The summed E-state index contributed by atoms with van der Waals surface area (Å²) in [4.78, 5) is 28.2. The van der Waals surface area contributed by atoms with Crippen LogP contribution in [0.15, 0.2) is 12.3 Å². The molecule has 1 aromatic heterocycles. The van der Waals surface area contributed by atoms with E-state index in [0.29, 0.717) is 0 Å². The van der Waals surface area contributed by atoms with Crippen LogP contribution in [0.25, 0.3) is 0 Å². The van der Waals surface area contributed by atoms with Crippen LogP contribution < -0.4 is 9.80 Å². The first-order valence-electron chi connectivity index (χ1n) is 9.54. The maximum atomic E-state index is 12.5. The van der Waals surface area contributed by atoms with Gasteiger partial charge in [-0.25, -0.2) is 4.98 Å². The van der Waals surface area contributed by atoms with E-state index >= 15 is 0 Å². The smallest absolute Gasteiger partial charge is 0.251 e. The van der Waals surface area contributed by atoms with Gasteiger partial charge in [0.25, 0.3) is 5.91 Å². The van der Waals surface area contributed by atoms with Crippen molar-refractivity contribution in [1.82, 2.24) is 14.9 Å². The van der Waals surface area contributed by atoms with E-state index in [4.69, 9.17) is 9.72 Å². The third kappa shape index (κ3) is 3.71. The molecular formula is C18H27N5O2. The molecule has 0 aliphatic carbocycles. The largest absolute Gasteiger partial charge is 0.368 e. The molecule has 0 bridgehead atoms. The molecule has 1 aromatic rings. The first-order chi connectivity index (χ1) is 12.3. The molecule has 0 saturated carbocycles. The van der Waals surface area contributed by atoms with Gasteiger partial charge >= 0.3 is 0 Å². The minimum atomic E-state index is -0.212. The fourth-order valence-electron chi connectivity index (χ4n) is 3.89. The minimum Gasteiger partial charge on any atom is -0.368 e. The molecule has 7 heteroatoms. The van der Waals surface area contributed by atoms with Crippen molar-refractivity contribution in [3.8, 4) is 0 Å². The van der Waals surface area contributed by atoms with Gasteiger partial charge in [-0.2, -0.15) is 4.98 Å². The van der Waals surface area contributed by atoms with Gasteiger partial charge < -0.3 is 19.4 Å². The Morgan fingerprint density at radius 1 is 1.00 bits per heavy atom. The maximum Gasteiger partial charge on any atom is 0.251 e. The van der Waals surface area contributed by atoms with Crippen LogP contribution in [0.1, 0.15) is 32.1 Å². The van der Waals surface area contributed by atoms with Crippen LogP contribution >= 0.6 is 0 Å². The van der Waals surface area contributed by atoms with E-state index in [9.17, 15) is 4.79 Å². The third-order valence-electron chi connectivity index (χ3n) is 5.39. The van der Waals surface area contributed by atoms with Gasteiger partial charge in [0.05, 0.1) is 0 Å². The summed E-state index contributed by atoms with van der Waals surface area (Å²) in [5.74, 6) is 1.98. The normalized spacial score (nSPS) is 24.6. The number of ether oxygens (including phenoxy) is 1. The lowest BCUT2D eigenvalue weighted by Crippen LogP contribution is -2.51. The first kappa shape index (κ1) is 16.6. The van der Waals surface area contributed by atoms with Crippen LogP contribution in [0, 0.1) is 0 Å². The minimum absolute atomic E-state index is 0.161. The Balaban J connectivity index is 1.36. The second-order valence-corrected chi connectivity index (χ2v) is 7.08. The number of amides is 1. The highest BCUT2D eigenvalue weighted by Gasteiger charge is 2.30. The van der Waals surface area contributed by atoms with Crippen LogP contribution in [-0.4, -0.2) is 72.8 Å². The number of piperidine rings is 1. The van der Waals surface area contributed by atoms with E-state index in [1.54, 1.807) is 0 Å². The number of carbonyl (C=O) groups is 1. The second kappa shape index (κ2) is 7.56. The number of carbonyl (C=O) groups excluding carboxylic acids is 1. The standard InChI is InChI=1S/C18H27N5O2/c24-17(15-5-4-14-25-15)22-12-10-21(11-13-22)16-6-7-19-18(20-16)23-8-2-1-3-9-23/h6-7,15H,1-5,8-14H2/t15-/m0/s1. The molecule has 136 valence electrons. The molecule has 4 rings (SSSR count). The molecule has 1 atom stereocenters. The molecule has 0 spiro atoms. The van der Waals surface area contributed by atoms with E-state index in [-0.39, 0.29) is 12.0 Å². The summed E-state index contributed by atoms with van der Waals surface area (Å²) in [6.45, 7) is 5.92. The van der Waals surface area contributed by atoms with Crippen LogP contribution in [0.3, 0.4) is 0 Å². The molecule has 3 aliphatic heterocycles. The van der Waals surface area contributed by atoms with E-state index in [1.165, 1.54) is 19.3 Å². The lowest BCUT2D eigenvalue weighted by Gasteiger charge is -2.36. The van der Waals surface area contributed by atoms with Crippen LogP contribution in [0.2, 0.25) is 0 Å². The van der Waals surface area contributed by atoms with Crippen molar-refractivity contribution in [2.75, 3.05) is 55.7 Å². The van der Waals surface area contributed by atoms with E-state index in [1.807, 2.05) is 17.2 Å². The third-order valence-corrected chi connectivity index (χ3v) is 5.39. The van der Waals surface area contributed by atoms with Gasteiger partial charge in [0.1, 0.15) is 11.9 Å². The van der Waals surface area contributed by atoms with Gasteiger partial charge in [0.2, 0.25) is 5.95 Å². The number of aromatic nitrogens is 2. The summed E-state index contributed by atoms with van der Waals surface area (Å²) in [6, 6.07) is 1.98. The average molecular weight is 345 g/mol. The number of piperazine rings is 1. The summed E-state index contributed by atoms with van der Waals surface area (Å²) in [5.41, 5.74) is 0. The Morgan fingerprint density at radius 2 is 1.80 bits per heavy atom. The van der Waals surface area contributed by atoms with Gasteiger partial charge in [0.15, 0.2) is 0 Å². The lowest BCUT2D eigenvalue weighted by atomic mass is 10.1. The van der Waals surface area contributed by atoms with E-state index < -0.39 is 0 Å². The monoisotopic (exact) mass is 345 g/mol. The lowest BCUT2D eigenvalue weighted by molar-refractivity contribution is -0.141. The topological polar surface area (TPSA) is 61.8 Å². The highest BCUT2D eigenvalue weighted by Crippen LogP contribution is 2.21. The molecule has 4 heterocycles. The number of hydrogen-bond donors (Lipinski definition) is 0. The van der Waals surface area contributed by atoms with Crippen molar-refractivity contribution in [2.24, 2.45) is 0 Å².